The van der Waals surface area contributed by atoms with E-state index in [9.17, 15) is 45.8 Å². The number of fused-ring (bicyclic) bond motifs is 1. The van der Waals surface area contributed by atoms with Crippen molar-refractivity contribution in [3.63, 3.8) is 0 Å². The molecule has 1 aliphatic carbocycles. The summed E-state index contributed by atoms with van der Waals surface area (Å²) in [6, 6.07) is 0.465. The molecule has 1 aliphatic heterocycles. The number of aliphatic hydroxyl groups is 1. The average molecular weight is 572 g/mol. The molecule has 1 saturated carbocycles. The van der Waals surface area contributed by atoms with E-state index in [-0.39, 0.29) is 18.7 Å². The minimum atomic E-state index is -4.83. The van der Waals surface area contributed by atoms with E-state index in [0.717, 1.165) is 17.0 Å². The number of rotatable bonds is 6. The molecule has 2 fully saturated rings. The maximum Gasteiger partial charge on any atom is 0.408 e. The van der Waals surface area contributed by atoms with Crippen LogP contribution in [0.2, 0.25) is 0 Å². The fourth-order valence-corrected chi connectivity index (χ4v) is 4.44. The van der Waals surface area contributed by atoms with Crippen LogP contribution in [0.4, 0.5) is 32.2 Å². The first-order valence-corrected chi connectivity index (χ1v) is 11.7. The van der Waals surface area contributed by atoms with Gasteiger partial charge in [0.1, 0.15) is 28.9 Å². The van der Waals surface area contributed by atoms with Crippen LogP contribution in [0.1, 0.15) is 23.2 Å². The van der Waals surface area contributed by atoms with Gasteiger partial charge in [0.15, 0.2) is 23.4 Å². The normalized spacial score (nSPS) is 20.1. The highest BCUT2D eigenvalue weighted by atomic mass is 19.4. The minimum absolute atomic E-state index is 0.194. The highest BCUT2D eigenvalue weighted by Crippen LogP contribution is 2.40. The quantitative estimate of drug-likeness (QED) is 0.384. The van der Waals surface area contributed by atoms with Crippen molar-refractivity contribution in [2.24, 2.45) is 5.92 Å². The highest BCUT2D eigenvalue weighted by molar-refractivity contribution is 5.97. The van der Waals surface area contributed by atoms with Crippen molar-refractivity contribution in [1.29, 1.82) is 0 Å². The number of hydrogen-bond acceptors (Lipinski definition) is 7. The van der Waals surface area contributed by atoms with Gasteiger partial charge in [-0.15, -0.1) is 0 Å². The molecule has 1 unspecified atom stereocenters. The number of pyridine rings is 2. The summed E-state index contributed by atoms with van der Waals surface area (Å²) in [5.41, 5.74) is -3.59. The lowest BCUT2D eigenvalue weighted by Crippen LogP contribution is -2.48. The van der Waals surface area contributed by atoms with Crippen LogP contribution < -0.4 is 15.6 Å². The molecule has 212 valence electrons. The van der Waals surface area contributed by atoms with Crippen molar-refractivity contribution < 1.29 is 50.9 Å². The molecule has 1 aromatic carbocycles. The molecule has 1 amide bonds. The summed E-state index contributed by atoms with van der Waals surface area (Å²) in [6.07, 6.45) is -7.14. The van der Waals surface area contributed by atoms with Crippen LogP contribution in [0.5, 0.6) is 0 Å². The summed E-state index contributed by atoms with van der Waals surface area (Å²) in [6.45, 7) is -0.418. The summed E-state index contributed by atoms with van der Waals surface area (Å²) in [7, 11) is 0. The molecule has 2 aromatic heterocycles. The number of benzene rings is 1. The molecule has 40 heavy (non-hydrogen) atoms. The van der Waals surface area contributed by atoms with Crippen molar-refractivity contribution in [2.45, 2.75) is 37.6 Å². The third-order valence-corrected chi connectivity index (χ3v) is 6.52. The zero-order chi connectivity index (χ0) is 29.1. The van der Waals surface area contributed by atoms with E-state index in [1.54, 1.807) is 5.32 Å². The predicted molar refractivity (Wildman–Crippen MR) is 123 cm³/mol. The van der Waals surface area contributed by atoms with Gasteiger partial charge in [-0.2, -0.15) is 13.2 Å². The SMILES string of the molecule is O=C(N[C@@H](C1CC1)C(F)(F)F)c1cn(-c2c(F)cc(F)cc2F)c2nc(N3C[C@H](C(=O)O)OC3O)ccc2c1=O. The topological polar surface area (TPSA) is 134 Å². The van der Waals surface area contributed by atoms with Crippen LogP contribution in [0.25, 0.3) is 16.7 Å². The second-order valence-corrected chi connectivity index (χ2v) is 9.27. The van der Waals surface area contributed by atoms with Gasteiger partial charge in [-0.1, -0.05) is 0 Å². The second-order valence-electron chi connectivity index (χ2n) is 9.27. The molecule has 0 bridgehead atoms. The Labute approximate surface area is 219 Å². The van der Waals surface area contributed by atoms with E-state index >= 15 is 0 Å². The second kappa shape index (κ2) is 9.78. The van der Waals surface area contributed by atoms with Gasteiger partial charge in [-0.3, -0.25) is 14.2 Å². The molecular weight excluding hydrogens is 554 g/mol. The van der Waals surface area contributed by atoms with Gasteiger partial charge in [-0.05, 0) is 30.9 Å². The number of aliphatic hydroxyl groups excluding tert-OH is 1. The van der Waals surface area contributed by atoms with Crippen LogP contribution in [0.15, 0.2) is 35.3 Å². The number of alkyl halides is 3. The summed E-state index contributed by atoms with van der Waals surface area (Å²) in [4.78, 5) is 42.5. The summed E-state index contributed by atoms with van der Waals surface area (Å²) in [5.74, 6) is -8.28. The summed E-state index contributed by atoms with van der Waals surface area (Å²) in [5, 5.41) is 20.6. The van der Waals surface area contributed by atoms with E-state index in [4.69, 9.17) is 9.84 Å². The Kier molecular flexibility index (Phi) is 6.70. The Bertz CT molecular complexity index is 1570. The monoisotopic (exact) mass is 572 g/mol. The number of nitrogens with one attached hydrogen (secondary N) is 1. The molecule has 3 heterocycles. The number of carbonyl (C=O) groups excluding carboxylic acids is 1. The summed E-state index contributed by atoms with van der Waals surface area (Å²) >= 11 is 0. The van der Waals surface area contributed by atoms with E-state index in [0.29, 0.717) is 22.9 Å². The van der Waals surface area contributed by atoms with Crippen LogP contribution in [-0.4, -0.2) is 62.9 Å². The highest BCUT2D eigenvalue weighted by Gasteiger charge is 2.50. The maximum atomic E-state index is 14.9. The Hall–Kier alpha value is -4.18. The van der Waals surface area contributed by atoms with E-state index in [1.165, 1.54) is 0 Å². The number of carboxylic acids is 1. The van der Waals surface area contributed by atoms with Gasteiger partial charge < -0.3 is 25.2 Å². The molecule has 3 N–H and O–H groups in total. The lowest BCUT2D eigenvalue weighted by Gasteiger charge is -2.22. The third-order valence-electron chi connectivity index (χ3n) is 6.52. The lowest BCUT2D eigenvalue weighted by atomic mass is 10.1. The number of anilines is 1. The Morgan fingerprint density at radius 1 is 1.12 bits per heavy atom. The molecule has 0 spiro atoms. The molecule has 10 nitrogen and oxygen atoms in total. The minimum Gasteiger partial charge on any atom is -0.479 e. The molecule has 2 aliphatic rings. The summed E-state index contributed by atoms with van der Waals surface area (Å²) < 4.78 is 89.3. The average Bonchev–Trinajstić information content (AvgIpc) is 3.62. The van der Waals surface area contributed by atoms with Crippen LogP contribution >= 0.6 is 0 Å². The van der Waals surface area contributed by atoms with Crippen LogP contribution in [-0.2, 0) is 9.53 Å². The first kappa shape index (κ1) is 27.4. The number of hydrogen-bond donors (Lipinski definition) is 3. The standard InChI is InChI=1S/C24H18F6N4O6/c25-10-5-13(26)17(14(27)6-10)34-7-12(21(36)32-19(9-1-2-9)24(28,29)30)18(35)11-3-4-16(31-20(11)34)33-8-15(22(37)38)40-23(33)39/h3-7,9,15,19,23,39H,1-2,8H2,(H,32,36)(H,37,38)/t15-,19+,23?/m1/s1. The first-order chi connectivity index (χ1) is 18.8. The van der Waals surface area contributed by atoms with Gasteiger partial charge >= 0.3 is 12.1 Å². The van der Waals surface area contributed by atoms with Crippen molar-refractivity contribution >= 4 is 28.7 Å². The van der Waals surface area contributed by atoms with E-state index in [2.05, 4.69) is 4.98 Å². The number of carbonyl (C=O) groups is 2. The number of aliphatic carboxylic acids is 1. The van der Waals surface area contributed by atoms with E-state index < -0.39 is 94.2 Å². The lowest BCUT2D eigenvalue weighted by molar-refractivity contribution is -0.158. The van der Waals surface area contributed by atoms with Gasteiger partial charge in [0.25, 0.3) is 5.91 Å². The Morgan fingerprint density at radius 3 is 2.33 bits per heavy atom. The molecular formula is C24H18F6N4O6. The van der Waals surface area contributed by atoms with Crippen molar-refractivity contribution in [3.8, 4) is 5.69 Å². The maximum absolute atomic E-state index is 14.9. The number of aromatic nitrogens is 2. The molecule has 16 heteroatoms. The zero-order valence-corrected chi connectivity index (χ0v) is 20.0. The Morgan fingerprint density at radius 2 is 1.77 bits per heavy atom. The number of halogens is 6. The van der Waals surface area contributed by atoms with Crippen molar-refractivity contribution in [2.75, 3.05) is 11.4 Å². The molecule has 5 rings (SSSR count). The van der Waals surface area contributed by atoms with Crippen LogP contribution in [0.3, 0.4) is 0 Å². The molecule has 3 atom stereocenters. The number of carboxylic acid groups (broad SMARTS) is 1. The van der Waals surface area contributed by atoms with Crippen molar-refractivity contribution in [1.82, 2.24) is 14.9 Å². The number of ether oxygens (including phenoxy) is 1. The molecule has 3 aromatic rings. The van der Waals surface area contributed by atoms with Crippen molar-refractivity contribution in [3.05, 3.63) is 63.7 Å². The molecule has 1 saturated heterocycles. The number of amides is 1. The predicted octanol–water partition coefficient (Wildman–Crippen LogP) is 2.44. The largest absolute Gasteiger partial charge is 0.479 e. The number of nitrogens with zero attached hydrogens (tertiary/aromatic N) is 3. The fraction of sp³-hybridized carbons (Fsp3) is 0.333. The Balaban J connectivity index is 1.68. The zero-order valence-electron chi connectivity index (χ0n) is 20.0. The first-order valence-electron chi connectivity index (χ1n) is 11.7. The van der Waals surface area contributed by atoms with Crippen LogP contribution in [0, 0.1) is 23.4 Å². The third kappa shape index (κ3) is 4.95. The van der Waals surface area contributed by atoms with Gasteiger partial charge in [0.05, 0.1) is 11.9 Å². The molecule has 0 radical (unpaired) electrons. The fourth-order valence-electron chi connectivity index (χ4n) is 4.44. The smallest absolute Gasteiger partial charge is 0.408 e. The van der Waals surface area contributed by atoms with Gasteiger partial charge in [0.2, 0.25) is 11.8 Å². The van der Waals surface area contributed by atoms with E-state index in [1.807, 2.05) is 0 Å². The van der Waals surface area contributed by atoms with Gasteiger partial charge in [0, 0.05) is 18.3 Å². The van der Waals surface area contributed by atoms with Gasteiger partial charge in [-0.25, -0.2) is 22.9 Å².